The lowest BCUT2D eigenvalue weighted by atomic mass is 10.0. The molecule has 1 saturated heterocycles. The van der Waals surface area contributed by atoms with Gasteiger partial charge in [-0.2, -0.15) is 13.2 Å². The van der Waals surface area contributed by atoms with E-state index in [0.717, 1.165) is 17.7 Å². The predicted molar refractivity (Wildman–Crippen MR) is 134 cm³/mol. The van der Waals surface area contributed by atoms with E-state index in [1.807, 2.05) is 0 Å². The topological polar surface area (TPSA) is 83.1 Å². The molecule has 1 amide bonds. The van der Waals surface area contributed by atoms with Crippen molar-refractivity contribution in [1.82, 2.24) is 5.32 Å². The monoisotopic (exact) mass is 555 g/mol. The highest BCUT2D eigenvalue weighted by Gasteiger charge is 2.41. The van der Waals surface area contributed by atoms with Crippen LogP contribution in [0.15, 0.2) is 48.5 Å². The fourth-order valence-electron chi connectivity index (χ4n) is 4.14. The third kappa shape index (κ3) is 9.21. The summed E-state index contributed by atoms with van der Waals surface area (Å²) >= 11 is 0. The van der Waals surface area contributed by atoms with Crippen molar-refractivity contribution in [3.8, 4) is 5.75 Å². The normalized spacial score (nSPS) is 19.4. The maximum absolute atomic E-state index is 13.2. The summed E-state index contributed by atoms with van der Waals surface area (Å²) in [6, 6.07) is 10.4. The second-order valence-corrected chi connectivity index (χ2v) is 9.59. The molecule has 0 bridgehead atoms. The summed E-state index contributed by atoms with van der Waals surface area (Å²) in [4.78, 5) is 25.0. The number of esters is 1. The Morgan fingerprint density at radius 2 is 1.62 bits per heavy atom. The highest BCUT2D eigenvalue weighted by Crippen LogP contribution is 2.30. The van der Waals surface area contributed by atoms with Gasteiger partial charge < -0.3 is 24.3 Å². The van der Waals surface area contributed by atoms with Crippen molar-refractivity contribution in [2.45, 2.75) is 70.2 Å². The maximum atomic E-state index is 13.2. The van der Waals surface area contributed by atoms with E-state index in [4.69, 9.17) is 18.9 Å². The zero-order valence-corrected chi connectivity index (χ0v) is 22.1. The Balaban J connectivity index is 1.51. The lowest BCUT2D eigenvalue weighted by Crippen LogP contribution is -2.43. The summed E-state index contributed by atoms with van der Waals surface area (Å²) in [7, 11) is 0. The molecule has 1 aliphatic rings. The molecule has 2 aromatic rings. The molecule has 1 aliphatic heterocycles. The van der Waals surface area contributed by atoms with Crippen LogP contribution in [0.2, 0.25) is 0 Å². The number of aryl methyl sites for hydroxylation is 1. The maximum Gasteiger partial charge on any atom is 0.416 e. The molecule has 3 rings (SSSR count). The van der Waals surface area contributed by atoms with Gasteiger partial charge in [0.1, 0.15) is 37.3 Å². The van der Waals surface area contributed by atoms with Gasteiger partial charge in [-0.05, 0) is 62.6 Å². The Bertz CT molecular complexity index is 1090. The average molecular weight is 556 g/mol. The number of alkyl halides is 4. The molecule has 1 heterocycles. The van der Waals surface area contributed by atoms with Crippen LogP contribution >= 0.6 is 0 Å². The molecule has 1 fully saturated rings. The van der Waals surface area contributed by atoms with Crippen LogP contribution in [0, 0.1) is 0 Å². The predicted octanol–water partition coefficient (Wildman–Crippen LogP) is 4.80. The number of rotatable bonds is 12. The van der Waals surface area contributed by atoms with Gasteiger partial charge in [0.25, 0.3) is 0 Å². The quantitative estimate of drug-likeness (QED) is 0.300. The number of carbonyl (C=O) groups excluding carboxylic acids is 2. The van der Waals surface area contributed by atoms with Crippen molar-refractivity contribution in [2.24, 2.45) is 0 Å². The number of benzene rings is 2. The molecule has 0 aromatic heterocycles. The lowest BCUT2D eigenvalue weighted by Gasteiger charge is -2.18. The Kier molecular flexibility index (Phi) is 10.3. The van der Waals surface area contributed by atoms with Gasteiger partial charge in [-0.1, -0.05) is 24.3 Å². The smallest absolute Gasteiger partial charge is 0.416 e. The second kappa shape index (κ2) is 13.3. The molecule has 0 spiro atoms. The third-order valence-electron chi connectivity index (χ3n) is 6.04. The van der Waals surface area contributed by atoms with E-state index in [0.29, 0.717) is 17.7 Å². The summed E-state index contributed by atoms with van der Waals surface area (Å²) in [5, 5.41) is 2.63. The summed E-state index contributed by atoms with van der Waals surface area (Å²) in [5.74, 6) is -1.40. The van der Waals surface area contributed by atoms with E-state index in [-0.39, 0.29) is 26.1 Å². The minimum absolute atomic E-state index is 0.00899. The molecule has 0 aliphatic carbocycles. The van der Waals surface area contributed by atoms with Crippen molar-refractivity contribution in [2.75, 3.05) is 19.9 Å². The molecule has 39 heavy (non-hydrogen) atoms. The van der Waals surface area contributed by atoms with Crippen LogP contribution in [0.4, 0.5) is 17.6 Å². The van der Waals surface area contributed by atoms with E-state index in [2.05, 4.69) is 5.32 Å². The fourth-order valence-corrected chi connectivity index (χ4v) is 4.14. The summed E-state index contributed by atoms with van der Waals surface area (Å²) in [6.07, 6.45) is -5.26. The van der Waals surface area contributed by atoms with E-state index in [9.17, 15) is 27.2 Å². The Labute approximate surface area is 224 Å². The Morgan fingerprint density at radius 3 is 2.21 bits per heavy atom. The molecule has 0 saturated carbocycles. The number of amides is 1. The first-order chi connectivity index (χ1) is 18.4. The van der Waals surface area contributed by atoms with Crippen LogP contribution in [0.3, 0.4) is 0 Å². The second-order valence-electron chi connectivity index (χ2n) is 9.59. The van der Waals surface area contributed by atoms with E-state index < -0.39 is 54.3 Å². The first-order valence-electron chi connectivity index (χ1n) is 12.7. The number of hydrogen-bond acceptors (Lipinski definition) is 6. The molecule has 2 aromatic carbocycles. The summed E-state index contributed by atoms with van der Waals surface area (Å²) in [6.45, 7) is 4.58. The lowest BCUT2D eigenvalue weighted by molar-refractivity contribution is -0.149. The average Bonchev–Trinajstić information content (AvgIpc) is 3.19. The SMILES string of the molecule is CCOC(=O)C(Cc1ccc(C(F)(F)F)cc1)NC(=O)CCc1ccc(OC[C@@H]2OC(C)(C)O[C@H]2CF)cc1. The van der Waals surface area contributed by atoms with Gasteiger partial charge in [0, 0.05) is 12.8 Å². The minimum atomic E-state index is -4.47. The van der Waals surface area contributed by atoms with Gasteiger partial charge >= 0.3 is 12.1 Å². The standard InChI is InChI=1S/C28H33F4NO6/c1-4-36-26(35)22(15-19-5-10-20(11-6-19)28(30,31)32)33-25(34)14-9-18-7-12-21(13-8-18)37-17-24-23(16-29)38-27(2,3)39-24/h5-8,10-13,22-24H,4,9,14-17H2,1-3H3,(H,33,34)/t22?,23-,24-/m0/s1. The molecule has 7 nitrogen and oxygen atoms in total. The first-order valence-corrected chi connectivity index (χ1v) is 12.7. The zero-order chi connectivity index (χ0) is 28.6. The Morgan fingerprint density at radius 1 is 1.00 bits per heavy atom. The molecular weight excluding hydrogens is 522 g/mol. The molecule has 1 N–H and O–H groups in total. The summed E-state index contributed by atoms with van der Waals surface area (Å²) < 4.78 is 73.6. The molecule has 11 heteroatoms. The molecule has 214 valence electrons. The summed E-state index contributed by atoms with van der Waals surface area (Å²) in [5.41, 5.74) is 0.497. The van der Waals surface area contributed by atoms with Crippen LogP contribution in [0.5, 0.6) is 5.75 Å². The Hall–Kier alpha value is -3.18. The van der Waals surface area contributed by atoms with Crippen molar-refractivity contribution in [1.29, 1.82) is 0 Å². The fraction of sp³-hybridized carbons (Fsp3) is 0.500. The van der Waals surface area contributed by atoms with Crippen LogP contribution in [0.25, 0.3) is 0 Å². The number of halogens is 4. The number of hydrogen-bond donors (Lipinski definition) is 1. The first kappa shape index (κ1) is 30.4. The van der Waals surface area contributed by atoms with Crippen LogP contribution < -0.4 is 10.1 Å². The largest absolute Gasteiger partial charge is 0.491 e. The van der Waals surface area contributed by atoms with Crippen molar-refractivity contribution >= 4 is 11.9 Å². The zero-order valence-electron chi connectivity index (χ0n) is 22.1. The van der Waals surface area contributed by atoms with Gasteiger partial charge in [-0.3, -0.25) is 4.79 Å². The number of carbonyl (C=O) groups is 2. The van der Waals surface area contributed by atoms with E-state index >= 15 is 0 Å². The van der Waals surface area contributed by atoms with Crippen LogP contribution in [-0.2, 0) is 42.8 Å². The molecule has 1 unspecified atom stereocenters. The van der Waals surface area contributed by atoms with E-state index in [1.54, 1.807) is 45.0 Å². The van der Waals surface area contributed by atoms with Gasteiger partial charge in [-0.15, -0.1) is 0 Å². The molecule has 0 radical (unpaired) electrons. The van der Waals surface area contributed by atoms with Gasteiger partial charge in [0.15, 0.2) is 5.79 Å². The highest BCUT2D eigenvalue weighted by atomic mass is 19.4. The third-order valence-corrected chi connectivity index (χ3v) is 6.04. The van der Waals surface area contributed by atoms with Gasteiger partial charge in [0.2, 0.25) is 5.91 Å². The van der Waals surface area contributed by atoms with Crippen LogP contribution in [-0.4, -0.2) is 55.8 Å². The van der Waals surface area contributed by atoms with Crippen molar-refractivity contribution in [3.63, 3.8) is 0 Å². The molecule has 3 atom stereocenters. The van der Waals surface area contributed by atoms with Crippen molar-refractivity contribution in [3.05, 3.63) is 65.2 Å². The highest BCUT2D eigenvalue weighted by molar-refractivity contribution is 5.84. The van der Waals surface area contributed by atoms with E-state index in [1.165, 1.54) is 12.1 Å². The van der Waals surface area contributed by atoms with Crippen LogP contribution in [0.1, 0.15) is 43.9 Å². The van der Waals surface area contributed by atoms with Gasteiger partial charge in [-0.25, -0.2) is 9.18 Å². The number of ether oxygens (including phenoxy) is 4. The minimum Gasteiger partial charge on any atom is -0.491 e. The van der Waals surface area contributed by atoms with Crippen molar-refractivity contribution < 1.29 is 46.1 Å². The number of nitrogens with one attached hydrogen (secondary N) is 1. The molecular formula is C28H33F4NO6. The van der Waals surface area contributed by atoms with Gasteiger partial charge in [0.05, 0.1) is 12.2 Å².